The zero-order chi connectivity index (χ0) is 27.8. The van der Waals surface area contributed by atoms with Crippen LogP contribution in [0.5, 0.6) is 0 Å². The van der Waals surface area contributed by atoms with Gasteiger partial charge in [-0.2, -0.15) is 0 Å². The van der Waals surface area contributed by atoms with E-state index in [2.05, 4.69) is 89.4 Å². The number of nitrogens with zero attached hydrogens (tertiary/aromatic N) is 1. The standard InChI is InChI=1S/C32H37N3O3S/c1-32(2,19-23-11-12-24-7-4-5-8-26(24)17-23)34-20-29(36)22-35(3)39-30-10-6-9-27(18-30)25-13-15-28(16-14-25)33-21-31(37)38/h4-18,29,33-34,36H,19-22H2,1-3H3,(H,37,38)/t29-/m1/s1. The average Bonchev–Trinajstić information content (AvgIpc) is 2.91. The number of carboxylic acid groups (broad SMARTS) is 1. The number of fused-ring (bicyclic) bond motifs is 1. The second-order valence-corrected chi connectivity index (χ2v) is 11.8. The summed E-state index contributed by atoms with van der Waals surface area (Å²) < 4.78 is 2.06. The predicted molar refractivity (Wildman–Crippen MR) is 162 cm³/mol. The Morgan fingerprint density at radius 2 is 1.67 bits per heavy atom. The number of aliphatic hydroxyl groups excluding tert-OH is 1. The molecule has 0 aliphatic heterocycles. The van der Waals surface area contributed by atoms with Crippen LogP contribution in [-0.4, -0.2) is 58.8 Å². The number of likely N-dealkylation sites (N-methyl/N-ethyl adjacent to an activating group) is 1. The van der Waals surface area contributed by atoms with Gasteiger partial charge in [0.1, 0.15) is 6.54 Å². The number of β-amino-alcohol motifs (C(OH)–C–C–N with tert-alkyl or cyclic N) is 1. The maximum absolute atomic E-state index is 10.7. The van der Waals surface area contributed by atoms with Gasteiger partial charge in [0.25, 0.3) is 0 Å². The van der Waals surface area contributed by atoms with Crippen LogP contribution in [0.4, 0.5) is 5.69 Å². The molecule has 0 aromatic heterocycles. The molecule has 0 bridgehead atoms. The van der Waals surface area contributed by atoms with Crippen LogP contribution in [0.1, 0.15) is 19.4 Å². The van der Waals surface area contributed by atoms with Gasteiger partial charge in [-0.05, 0) is 91.0 Å². The molecule has 0 unspecified atom stereocenters. The maximum Gasteiger partial charge on any atom is 0.322 e. The minimum absolute atomic E-state index is 0.110. The molecule has 4 aromatic carbocycles. The molecule has 39 heavy (non-hydrogen) atoms. The highest BCUT2D eigenvalue weighted by Gasteiger charge is 2.20. The summed E-state index contributed by atoms with van der Waals surface area (Å²) in [5.74, 6) is -0.890. The lowest BCUT2D eigenvalue weighted by molar-refractivity contribution is -0.134. The molecule has 0 saturated heterocycles. The Hall–Kier alpha value is -3.36. The van der Waals surface area contributed by atoms with E-state index in [1.165, 1.54) is 16.3 Å². The fourth-order valence-electron chi connectivity index (χ4n) is 4.58. The monoisotopic (exact) mass is 543 g/mol. The van der Waals surface area contributed by atoms with Gasteiger partial charge in [-0.25, -0.2) is 4.31 Å². The summed E-state index contributed by atoms with van der Waals surface area (Å²) in [5, 5.41) is 28.5. The molecule has 0 saturated carbocycles. The molecule has 4 N–H and O–H groups in total. The van der Waals surface area contributed by atoms with Crippen molar-refractivity contribution in [2.24, 2.45) is 0 Å². The summed E-state index contributed by atoms with van der Waals surface area (Å²) in [6.45, 7) is 5.27. The van der Waals surface area contributed by atoms with Gasteiger partial charge in [-0.3, -0.25) is 4.79 Å². The van der Waals surface area contributed by atoms with Crippen LogP contribution < -0.4 is 10.6 Å². The van der Waals surface area contributed by atoms with E-state index in [0.717, 1.165) is 28.1 Å². The van der Waals surface area contributed by atoms with Gasteiger partial charge >= 0.3 is 5.97 Å². The van der Waals surface area contributed by atoms with Crippen molar-refractivity contribution >= 4 is 34.4 Å². The van der Waals surface area contributed by atoms with E-state index in [9.17, 15) is 9.90 Å². The van der Waals surface area contributed by atoms with E-state index in [1.54, 1.807) is 11.9 Å². The lowest BCUT2D eigenvalue weighted by Crippen LogP contribution is -2.46. The summed E-state index contributed by atoms with van der Waals surface area (Å²) in [6, 6.07) is 31.0. The molecule has 0 radical (unpaired) electrons. The summed E-state index contributed by atoms with van der Waals surface area (Å²) in [6.07, 6.45) is 0.367. The van der Waals surface area contributed by atoms with Crippen LogP contribution in [0.15, 0.2) is 95.9 Å². The van der Waals surface area contributed by atoms with E-state index >= 15 is 0 Å². The van der Waals surface area contributed by atoms with Gasteiger partial charge in [0.05, 0.1) is 6.10 Å². The van der Waals surface area contributed by atoms with Gasteiger partial charge in [0.2, 0.25) is 0 Å². The van der Waals surface area contributed by atoms with Crippen LogP contribution in [0.3, 0.4) is 0 Å². The van der Waals surface area contributed by atoms with Crippen LogP contribution in [0.25, 0.3) is 21.9 Å². The Bertz CT molecular complexity index is 1390. The summed E-state index contributed by atoms with van der Waals surface area (Å²) in [5.41, 5.74) is 4.03. The quantitative estimate of drug-likeness (QED) is 0.156. The van der Waals surface area contributed by atoms with Gasteiger partial charge in [0.15, 0.2) is 0 Å². The van der Waals surface area contributed by atoms with E-state index in [1.807, 2.05) is 37.4 Å². The number of aliphatic carboxylic acids is 1. The van der Waals surface area contributed by atoms with E-state index < -0.39 is 12.1 Å². The number of anilines is 1. The second-order valence-electron chi connectivity index (χ2n) is 10.5. The SMILES string of the molecule is CN(C[C@H](O)CNC(C)(C)Cc1ccc2ccccc2c1)Sc1cccc(-c2ccc(NCC(=O)O)cc2)c1. The molecule has 4 aromatic rings. The highest BCUT2D eigenvalue weighted by atomic mass is 32.2. The van der Waals surface area contributed by atoms with Crippen LogP contribution >= 0.6 is 11.9 Å². The van der Waals surface area contributed by atoms with Crippen molar-refractivity contribution in [1.29, 1.82) is 0 Å². The third kappa shape index (κ3) is 8.83. The lowest BCUT2D eigenvalue weighted by atomic mass is 9.93. The Balaban J connectivity index is 1.26. The Labute approximate surface area is 235 Å². The fraction of sp³-hybridized carbons (Fsp3) is 0.281. The number of hydrogen-bond donors (Lipinski definition) is 4. The molecule has 4 rings (SSSR count). The molecule has 7 heteroatoms. The highest BCUT2D eigenvalue weighted by molar-refractivity contribution is 7.97. The smallest absolute Gasteiger partial charge is 0.322 e. The van der Waals surface area contributed by atoms with E-state index in [4.69, 9.17) is 5.11 Å². The number of benzene rings is 4. The first-order valence-corrected chi connectivity index (χ1v) is 13.9. The zero-order valence-electron chi connectivity index (χ0n) is 22.7. The van der Waals surface area contributed by atoms with Crippen LogP contribution in [0.2, 0.25) is 0 Å². The molecule has 0 fully saturated rings. The molecular formula is C32H37N3O3S. The van der Waals surface area contributed by atoms with Gasteiger partial charge < -0.3 is 20.8 Å². The normalized spacial score (nSPS) is 12.5. The summed E-state index contributed by atoms with van der Waals surface area (Å²) in [7, 11) is 1.99. The fourth-order valence-corrected chi connectivity index (χ4v) is 5.51. The second kappa shape index (κ2) is 13.1. The minimum Gasteiger partial charge on any atom is -0.480 e. The third-order valence-electron chi connectivity index (χ3n) is 6.50. The molecule has 204 valence electrons. The largest absolute Gasteiger partial charge is 0.480 e. The van der Waals surface area contributed by atoms with Crippen LogP contribution in [-0.2, 0) is 11.2 Å². The lowest BCUT2D eigenvalue weighted by Gasteiger charge is -2.29. The molecule has 1 atom stereocenters. The predicted octanol–water partition coefficient (Wildman–Crippen LogP) is 5.91. The van der Waals surface area contributed by atoms with Crippen molar-refractivity contribution < 1.29 is 15.0 Å². The first-order chi connectivity index (χ1) is 18.7. The number of hydrogen-bond acceptors (Lipinski definition) is 6. The third-order valence-corrected chi connectivity index (χ3v) is 7.43. The number of carboxylic acids is 1. The average molecular weight is 544 g/mol. The van der Waals surface area contributed by atoms with Crippen LogP contribution in [0, 0.1) is 0 Å². The molecule has 0 spiro atoms. The molecular weight excluding hydrogens is 506 g/mol. The van der Waals surface area contributed by atoms with Crippen molar-refractivity contribution in [2.45, 2.75) is 36.8 Å². The summed E-state index contributed by atoms with van der Waals surface area (Å²) in [4.78, 5) is 11.8. The number of aliphatic hydroxyl groups is 1. The number of carbonyl (C=O) groups is 1. The van der Waals surface area contributed by atoms with Gasteiger partial charge in [-0.1, -0.05) is 66.7 Å². The molecule has 0 heterocycles. The van der Waals surface area contributed by atoms with E-state index in [0.29, 0.717) is 13.1 Å². The van der Waals surface area contributed by atoms with Crippen molar-refractivity contribution in [3.05, 3.63) is 96.6 Å². The maximum atomic E-state index is 10.7. The summed E-state index contributed by atoms with van der Waals surface area (Å²) >= 11 is 1.60. The molecule has 0 aliphatic carbocycles. The van der Waals surface area contributed by atoms with Gasteiger partial charge in [0, 0.05) is 29.2 Å². The molecule has 0 aliphatic rings. The Morgan fingerprint density at radius 3 is 2.41 bits per heavy atom. The van der Waals surface area contributed by atoms with Crippen molar-refractivity contribution in [1.82, 2.24) is 9.62 Å². The van der Waals surface area contributed by atoms with Gasteiger partial charge in [-0.15, -0.1) is 0 Å². The Kier molecular flexibility index (Phi) is 9.64. The van der Waals surface area contributed by atoms with E-state index in [-0.39, 0.29) is 12.1 Å². The molecule has 6 nitrogen and oxygen atoms in total. The van der Waals surface area contributed by atoms with Crippen molar-refractivity contribution in [3.63, 3.8) is 0 Å². The van der Waals surface area contributed by atoms with Crippen molar-refractivity contribution in [2.75, 3.05) is 32.0 Å². The zero-order valence-corrected chi connectivity index (χ0v) is 23.5. The first-order valence-electron chi connectivity index (χ1n) is 13.1. The first kappa shape index (κ1) is 28.6. The topological polar surface area (TPSA) is 84.8 Å². The highest BCUT2D eigenvalue weighted by Crippen LogP contribution is 2.28. The minimum atomic E-state index is -0.890. The molecule has 0 amide bonds. The van der Waals surface area contributed by atoms with Crippen molar-refractivity contribution in [3.8, 4) is 11.1 Å². The number of nitrogens with one attached hydrogen (secondary N) is 2. The number of rotatable bonds is 13. The Morgan fingerprint density at radius 1 is 0.923 bits per heavy atom.